The Labute approximate surface area is 119 Å². The normalized spacial score (nSPS) is 11.9. The van der Waals surface area contributed by atoms with E-state index in [1.807, 2.05) is 37.3 Å². The predicted molar refractivity (Wildman–Crippen MR) is 76.4 cm³/mol. The zero-order valence-electron chi connectivity index (χ0n) is 10.4. The van der Waals surface area contributed by atoms with E-state index in [0.717, 1.165) is 5.56 Å². The largest absolute Gasteiger partial charge is 0.345 e. The summed E-state index contributed by atoms with van der Waals surface area (Å²) in [6.07, 6.45) is 0. The smallest absolute Gasteiger partial charge is 0.255 e. The van der Waals surface area contributed by atoms with E-state index >= 15 is 0 Å². The van der Waals surface area contributed by atoms with Gasteiger partial charge in [0.1, 0.15) is 5.82 Å². The molecule has 0 aromatic heterocycles. The second-order valence-electron chi connectivity index (χ2n) is 4.20. The summed E-state index contributed by atoms with van der Waals surface area (Å²) in [7, 11) is 0. The predicted octanol–water partition coefficient (Wildman–Crippen LogP) is 4.08. The Balaban J connectivity index is 2.18. The van der Waals surface area contributed by atoms with Gasteiger partial charge >= 0.3 is 0 Å². The highest BCUT2D eigenvalue weighted by Crippen LogP contribution is 2.21. The first-order valence-corrected chi connectivity index (χ1v) is 6.68. The minimum atomic E-state index is -0.535. The monoisotopic (exact) mass is 321 g/mol. The summed E-state index contributed by atoms with van der Waals surface area (Å²) in [5, 5.41) is 2.79. The van der Waals surface area contributed by atoms with Crippen molar-refractivity contribution in [3.05, 3.63) is 69.9 Å². The third-order valence-electron chi connectivity index (χ3n) is 2.84. The number of hydrogen-bond acceptors (Lipinski definition) is 1. The Morgan fingerprint density at radius 3 is 2.47 bits per heavy atom. The second-order valence-corrected chi connectivity index (χ2v) is 5.06. The topological polar surface area (TPSA) is 29.1 Å². The highest BCUT2D eigenvalue weighted by atomic mass is 79.9. The Bertz CT molecular complexity index is 566. The Kier molecular flexibility index (Phi) is 4.32. The minimum absolute atomic E-state index is 0.0327. The standard InChI is InChI=1S/C15H13BrFNO/c1-10(11-6-3-2-4-7-11)18-15(19)14-12(16)8-5-9-13(14)17/h2-10H,1H3,(H,18,19)/t10-/m1/s1. The summed E-state index contributed by atoms with van der Waals surface area (Å²) in [6, 6.07) is 13.8. The van der Waals surface area contributed by atoms with Crippen molar-refractivity contribution < 1.29 is 9.18 Å². The van der Waals surface area contributed by atoms with Crippen LogP contribution >= 0.6 is 15.9 Å². The lowest BCUT2D eigenvalue weighted by Gasteiger charge is -2.15. The first-order valence-electron chi connectivity index (χ1n) is 5.89. The Hall–Kier alpha value is -1.68. The molecule has 0 fully saturated rings. The fourth-order valence-corrected chi connectivity index (χ4v) is 2.33. The zero-order chi connectivity index (χ0) is 13.8. The molecule has 0 heterocycles. The third-order valence-corrected chi connectivity index (χ3v) is 3.50. The van der Waals surface area contributed by atoms with E-state index in [9.17, 15) is 9.18 Å². The van der Waals surface area contributed by atoms with Gasteiger partial charge in [-0.15, -0.1) is 0 Å². The number of amides is 1. The number of carbonyl (C=O) groups excluding carboxylic acids is 1. The quantitative estimate of drug-likeness (QED) is 0.906. The van der Waals surface area contributed by atoms with Crippen LogP contribution in [0.2, 0.25) is 0 Å². The Morgan fingerprint density at radius 1 is 1.16 bits per heavy atom. The Morgan fingerprint density at radius 2 is 1.84 bits per heavy atom. The van der Waals surface area contributed by atoms with Gasteiger partial charge in [0, 0.05) is 4.47 Å². The zero-order valence-corrected chi connectivity index (χ0v) is 11.9. The summed E-state index contributed by atoms with van der Waals surface area (Å²) < 4.78 is 14.1. The summed E-state index contributed by atoms with van der Waals surface area (Å²) in [4.78, 5) is 12.1. The lowest BCUT2D eigenvalue weighted by Crippen LogP contribution is -2.27. The molecule has 0 bridgehead atoms. The van der Waals surface area contributed by atoms with Crippen LogP contribution in [0.1, 0.15) is 28.9 Å². The summed E-state index contributed by atoms with van der Waals surface area (Å²) in [5.41, 5.74) is 1.01. The second kappa shape index (κ2) is 5.97. The summed E-state index contributed by atoms with van der Waals surface area (Å²) in [6.45, 7) is 1.86. The van der Waals surface area contributed by atoms with Crippen LogP contribution in [0.5, 0.6) is 0 Å². The molecule has 4 heteroatoms. The molecule has 0 aliphatic carbocycles. The molecule has 2 nitrogen and oxygen atoms in total. The maximum absolute atomic E-state index is 13.7. The van der Waals surface area contributed by atoms with Crippen LogP contribution < -0.4 is 5.32 Å². The van der Waals surface area contributed by atoms with Crippen molar-refractivity contribution in [2.45, 2.75) is 13.0 Å². The molecule has 2 aromatic rings. The molecule has 19 heavy (non-hydrogen) atoms. The maximum Gasteiger partial charge on any atom is 0.255 e. The fourth-order valence-electron chi connectivity index (χ4n) is 1.81. The summed E-state index contributed by atoms with van der Waals surface area (Å²) in [5.74, 6) is -0.964. The van der Waals surface area contributed by atoms with Gasteiger partial charge in [0.25, 0.3) is 5.91 Å². The molecule has 2 aromatic carbocycles. The third kappa shape index (κ3) is 3.20. The van der Waals surface area contributed by atoms with Gasteiger partial charge in [-0.05, 0) is 40.5 Å². The van der Waals surface area contributed by atoms with Gasteiger partial charge in [-0.3, -0.25) is 4.79 Å². The molecule has 0 aliphatic rings. The molecule has 98 valence electrons. The van der Waals surface area contributed by atoms with Gasteiger partial charge in [-0.25, -0.2) is 4.39 Å². The molecule has 0 radical (unpaired) electrons. The van der Waals surface area contributed by atoms with Crippen LogP contribution in [0.15, 0.2) is 53.0 Å². The van der Waals surface area contributed by atoms with Crippen molar-refractivity contribution in [1.29, 1.82) is 0 Å². The maximum atomic E-state index is 13.7. The average Bonchev–Trinajstić information content (AvgIpc) is 2.39. The number of halogens is 2. The first-order chi connectivity index (χ1) is 9.09. The van der Waals surface area contributed by atoms with Crippen LogP contribution in [-0.4, -0.2) is 5.91 Å². The molecular weight excluding hydrogens is 309 g/mol. The number of carbonyl (C=O) groups is 1. The van der Waals surface area contributed by atoms with Crippen molar-refractivity contribution in [3.8, 4) is 0 Å². The van der Waals surface area contributed by atoms with Crippen LogP contribution in [0.3, 0.4) is 0 Å². The van der Waals surface area contributed by atoms with Crippen LogP contribution in [0, 0.1) is 5.82 Å². The average molecular weight is 322 g/mol. The SMILES string of the molecule is C[C@@H](NC(=O)c1c(F)cccc1Br)c1ccccc1. The molecule has 2 rings (SSSR count). The lowest BCUT2D eigenvalue weighted by molar-refractivity contribution is 0.0935. The number of nitrogens with one attached hydrogen (secondary N) is 1. The molecule has 0 saturated carbocycles. The van der Waals surface area contributed by atoms with E-state index in [1.165, 1.54) is 6.07 Å². The highest BCUT2D eigenvalue weighted by molar-refractivity contribution is 9.10. The fraction of sp³-hybridized carbons (Fsp3) is 0.133. The van der Waals surface area contributed by atoms with E-state index < -0.39 is 11.7 Å². The summed E-state index contributed by atoms with van der Waals surface area (Å²) >= 11 is 3.19. The molecular formula is C15H13BrFNO. The number of benzene rings is 2. The van der Waals surface area contributed by atoms with E-state index in [4.69, 9.17) is 0 Å². The molecule has 1 amide bonds. The van der Waals surface area contributed by atoms with Gasteiger partial charge in [-0.1, -0.05) is 36.4 Å². The van der Waals surface area contributed by atoms with E-state index in [-0.39, 0.29) is 11.6 Å². The van der Waals surface area contributed by atoms with Gasteiger partial charge < -0.3 is 5.32 Å². The van der Waals surface area contributed by atoms with Crippen molar-refractivity contribution in [1.82, 2.24) is 5.32 Å². The number of rotatable bonds is 3. The van der Waals surface area contributed by atoms with Crippen LogP contribution in [0.4, 0.5) is 4.39 Å². The van der Waals surface area contributed by atoms with Gasteiger partial charge in [0.05, 0.1) is 11.6 Å². The molecule has 0 saturated heterocycles. The van der Waals surface area contributed by atoms with E-state index in [0.29, 0.717) is 4.47 Å². The van der Waals surface area contributed by atoms with Crippen molar-refractivity contribution >= 4 is 21.8 Å². The molecule has 1 N–H and O–H groups in total. The van der Waals surface area contributed by atoms with Crippen molar-refractivity contribution in [2.75, 3.05) is 0 Å². The molecule has 0 unspecified atom stereocenters. The minimum Gasteiger partial charge on any atom is -0.345 e. The van der Waals surface area contributed by atoms with Crippen LogP contribution in [0.25, 0.3) is 0 Å². The van der Waals surface area contributed by atoms with Crippen molar-refractivity contribution in [2.24, 2.45) is 0 Å². The molecule has 0 aliphatic heterocycles. The highest BCUT2D eigenvalue weighted by Gasteiger charge is 2.17. The molecule has 0 spiro atoms. The van der Waals surface area contributed by atoms with Crippen molar-refractivity contribution in [3.63, 3.8) is 0 Å². The van der Waals surface area contributed by atoms with E-state index in [2.05, 4.69) is 21.2 Å². The van der Waals surface area contributed by atoms with Gasteiger partial charge in [0.15, 0.2) is 0 Å². The lowest BCUT2D eigenvalue weighted by atomic mass is 10.1. The first kappa shape index (κ1) is 13.7. The number of hydrogen-bond donors (Lipinski definition) is 1. The van der Waals surface area contributed by atoms with E-state index in [1.54, 1.807) is 12.1 Å². The van der Waals surface area contributed by atoms with Gasteiger partial charge in [0.2, 0.25) is 0 Å². The van der Waals surface area contributed by atoms with Gasteiger partial charge in [-0.2, -0.15) is 0 Å². The van der Waals surface area contributed by atoms with Crippen LogP contribution in [-0.2, 0) is 0 Å². The molecule has 1 atom stereocenters.